The maximum atomic E-state index is 13.5. The Kier molecular flexibility index (Phi) is 5.50. The minimum Gasteiger partial charge on any atom is -0.352 e. The topological polar surface area (TPSA) is 29.1 Å². The van der Waals surface area contributed by atoms with Crippen molar-refractivity contribution in [1.82, 2.24) is 5.32 Å². The Morgan fingerprint density at radius 2 is 1.59 bits per heavy atom. The summed E-state index contributed by atoms with van der Waals surface area (Å²) in [6.45, 7) is 3.91. The van der Waals surface area contributed by atoms with Crippen molar-refractivity contribution in [1.29, 1.82) is 0 Å². The van der Waals surface area contributed by atoms with Gasteiger partial charge in [0.1, 0.15) is 0 Å². The molecule has 0 saturated carbocycles. The van der Waals surface area contributed by atoms with Gasteiger partial charge in [0.15, 0.2) is 0 Å². The molecule has 2 rings (SSSR count). The summed E-state index contributed by atoms with van der Waals surface area (Å²) >= 11 is 0. The quantitative estimate of drug-likeness (QED) is 0.469. The Labute approximate surface area is 132 Å². The lowest BCUT2D eigenvalue weighted by atomic mass is 10.0. The lowest BCUT2D eigenvalue weighted by Gasteiger charge is -2.11. The van der Waals surface area contributed by atoms with E-state index >= 15 is 0 Å². The maximum absolute atomic E-state index is 13.5. The van der Waals surface area contributed by atoms with Gasteiger partial charge in [0.25, 0.3) is 5.91 Å². The van der Waals surface area contributed by atoms with Crippen LogP contribution in [0.3, 0.4) is 0 Å². The number of amides is 1. The summed E-state index contributed by atoms with van der Waals surface area (Å²) in [5, 5.41) is 2.85. The molecule has 4 heteroatoms. The highest BCUT2D eigenvalue weighted by atomic mass is 28.4. The van der Waals surface area contributed by atoms with Crippen LogP contribution in [0.4, 0.5) is 4.11 Å². The van der Waals surface area contributed by atoms with Crippen molar-refractivity contribution in [3.8, 4) is 11.1 Å². The predicted octanol–water partition coefficient (Wildman–Crippen LogP) is 4.65. The molecule has 0 aliphatic heterocycles. The largest absolute Gasteiger partial charge is 0.352 e. The molecule has 0 aromatic heterocycles. The van der Waals surface area contributed by atoms with Crippen LogP contribution in [-0.2, 0) is 0 Å². The lowest BCUT2D eigenvalue weighted by molar-refractivity contribution is 0.0953. The minimum atomic E-state index is -2.50. The molecule has 1 amide bonds. The van der Waals surface area contributed by atoms with Crippen molar-refractivity contribution in [2.24, 2.45) is 0 Å². The van der Waals surface area contributed by atoms with Crippen LogP contribution in [0.5, 0.6) is 0 Å². The third kappa shape index (κ3) is 5.11. The SMILES string of the molecule is C[Si](C)([18F])CCCNC(=O)c1ccc(-c2ccccc2)cc1. The van der Waals surface area contributed by atoms with Gasteiger partial charge >= 0.3 is 0 Å². The van der Waals surface area contributed by atoms with Gasteiger partial charge in [-0.15, -0.1) is 0 Å². The van der Waals surface area contributed by atoms with Gasteiger partial charge < -0.3 is 9.42 Å². The van der Waals surface area contributed by atoms with Gasteiger partial charge in [0, 0.05) is 12.1 Å². The second-order valence-electron chi connectivity index (χ2n) is 6.02. The summed E-state index contributed by atoms with van der Waals surface area (Å²) in [5.41, 5.74) is 2.85. The third-order valence-electron chi connectivity index (χ3n) is 3.49. The van der Waals surface area contributed by atoms with Crippen LogP contribution >= 0.6 is 0 Å². The Balaban J connectivity index is 1.89. The number of rotatable bonds is 6. The molecule has 0 heterocycles. The fraction of sp³-hybridized carbons (Fsp3) is 0.278. The number of hydrogen-bond acceptors (Lipinski definition) is 1. The molecule has 22 heavy (non-hydrogen) atoms. The van der Waals surface area contributed by atoms with Gasteiger partial charge in [-0.2, -0.15) is 0 Å². The summed E-state index contributed by atoms with van der Waals surface area (Å²) in [6, 6.07) is 18.2. The number of benzene rings is 2. The molecule has 0 bridgehead atoms. The fourth-order valence-electron chi connectivity index (χ4n) is 2.26. The van der Waals surface area contributed by atoms with Gasteiger partial charge in [-0.25, -0.2) is 0 Å². The van der Waals surface area contributed by atoms with Crippen molar-refractivity contribution >= 4 is 14.3 Å². The minimum absolute atomic E-state index is 0.0991. The molecule has 116 valence electrons. The van der Waals surface area contributed by atoms with E-state index < -0.39 is 8.41 Å². The first-order chi connectivity index (χ1) is 10.5. The highest BCUT2D eigenvalue weighted by Gasteiger charge is 2.19. The van der Waals surface area contributed by atoms with E-state index in [2.05, 4.69) is 5.32 Å². The van der Waals surface area contributed by atoms with Crippen LogP contribution in [0.1, 0.15) is 16.8 Å². The van der Waals surface area contributed by atoms with Gasteiger partial charge in [-0.3, -0.25) is 4.79 Å². The summed E-state index contributed by atoms with van der Waals surface area (Å²) in [6.07, 6.45) is 0.698. The van der Waals surface area contributed by atoms with E-state index in [-0.39, 0.29) is 5.91 Å². The van der Waals surface area contributed by atoms with Crippen LogP contribution in [0.15, 0.2) is 54.6 Å². The molecule has 0 saturated heterocycles. The first kappa shape index (κ1) is 16.4. The number of hydrogen-bond donors (Lipinski definition) is 1. The van der Waals surface area contributed by atoms with E-state index in [0.29, 0.717) is 24.6 Å². The number of nitrogens with one attached hydrogen (secondary N) is 1. The summed E-state index contributed by atoms with van der Waals surface area (Å²) < 4.78 is 13.5. The van der Waals surface area contributed by atoms with E-state index in [1.54, 1.807) is 13.1 Å². The molecular weight excluding hydrogens is 292 g/mol. The van der Waals surface area contributed by atoms with Crippen LogP contribution in [-0.4, -0.2) is 20.9 Å². The average Bonchev–Trinajstić information content (AvgIpc) is 2.51. The van der Waals surface area contributed by atoms with Crippen molar-refractivity contribution in [2.45, 2.75) is 25.6 Å². The molecule has 0 atom stereocenters. The molecule has 0 fully saturated rings. The van der Waals surface area contributed by atoms with E-state index in [9.17, 15) is 8.90 Å². The Bertz CT molecular complexity index is 605. The first-order valence-electron chi connectivity index (χ1n) is 7.58. The van der Waals surface area contributed by atoms with Crippen molar-refractivity contribution in [2.75, 3.05) is 6.54 Å². The molecule has 1 N–H and O–H groups in total. The molecule has 0 aliphatic rings. The van der Waals surface area contributed by atoms with Crippen molar-refractivity contribution in [3.05, 3.63) is 60.2 Å². The summed E-state index contributed by atoms with van der Waals surface area (Å²) in [4.78, 5) is 12.0. The van der Waals surface area contributed by atoms with Crippen LogP contribution in [0, 0.1) is 0 Å². The molecule has 0 radical (unpaired) electrons. The van der Waals surface area contributed by atoms with Crippen LogP contribution in [0.2, 0.25) is 19.1 Å². The summed E-state index contributed by atoms with van der Waals surface area (Å²) in [5.74, 6) is -0.0991. The molecule has 0 spiro atoms. The normalized spacial score (nSPS) is 11.2. The summed E-state index contributed by atoms with van der Waals surface area (Å²) in [7, 11) is -2.50. The Morgan fingerprint density at radius 1 is 1.00 bits per heavy atom. The van der Waals surface area contributed by atoms with E-state index in [0.717, 1.165) is 11.1 Å². The van der Waals surface area contributed by atoms with Crippen LogP contribution < -0.4 is 5.32 Å². The Hall–Kier alpha value is -1.94. The van der Waals surface area contributed by atoms with Crippen molar-refractivity contribution in [3.63, 3.8) is 0 Å². The van der Waals surface area contributed by atoms with Gasteiger partial charge in [-0.1, -0.05) is 42.5 Å². The van der Waals surface area contributed by atoms with Gasteiger partial charge in [0.2, 0.25) is 8.41 Å². The smallest absolute Gasteiger partial charge is 0.251 e. The monoisotopic (exact) mass is 314 g/mol. The standard InChI is InChI=1S/C18H22FNOSi/c1-22(2,19)14-6-13-20-18(21)17-11-9-16(10-12-17)15-7-4-3-5-8-15/h3-5,7-12H,6,13-14H2,1-2H3,(H,20,21)/i19-1. The van der Waals surface area contributed by atoms with Gasteiger partial charge in [0.05, 0.1) is 0 Å². The van der Waals surface area contributed by atoms with E-state index in [1.807, 2.05) is 54.6 Å². The van der Waals surface area contributed by atoms with E-state index in [1.165, 1.54) is 0 Å². The average molecular weight is 314 g/mol. The second-order valence-corrected chi connectivity index (χ2v) is 9.96. The number of carbonyl (C=O) groups is 1. The zero-order valence-corrected chi connectivity index (χ0v) is 14.1. The van der Waals surface area contributed by atoms with Crippen LogP contribution in [0.25, 0.3) is 11.1 Å². The third-order valence-corrected chi connectivity index (χ3v) is 5.03. The molecule has 0 unspecified atom stereocenters. The second kappa shape index (κ2) is 7.36. The van der Waals surface area contributed by atoms with E-state index in [4.69, 9.17) is 0 Å². The van der Waals surface area contributed by atoms with Gasteiger partial charge in [-0.05, 0) is 48.8 Å². The maximum Gasteiger partial charge on any atom is 0.251 e. The predicted molar refractivity (Wildman–Crippen MR) is 92.2 cm³/mol. The zero-order valence-electron chi connectivity index (χ0n) is 13.1. The number of halogens is 1. The highest BCUT2D eigenvalue weighted by molar-refractivity contribution is 6.70. The molecule has 2 nitrogen and oxygen atoms in total. The molecular formula is C18H22FNOSi. The zero-order chi connectivity index (χ0) is 16.0. The molecule has 2 aromatic rings. The molecule has 0 aliphatic carbocycles. The Morgan fingerprint density at radius 3 is 2.18 bits per heavy atom. The first-order valence-corrected chi connectivity index (χ1v) is 10.7. The highest BCUT2D eigenvalue weighted by Crippen LogP contribution is 2.19. The molecule has 2 aromatic carbocycles. The van der Waals surface area contributed by atoms with Crippen molar-refractivity contribution < 1.29 is 8.90 Å². The lowest BCUT2D eigenvalue weighted by Crippen LogP contribution is -2.26. The number of carbonyl (C=O) groups excluding carboxylic acids is 1. The fourth-order valence-corrected chi connectivity index (χ4v) is 3.27.